The number of fused-ring (bicyclic) bond motifs is 2. The van der Waals surface area contributed by atoms with Crippen LogP contribution in [0.1, 0.15) is 43.4 Å². The quantitative estimate of drug-likeness (QED) is 0.470. The zero-order valence-corrected chi connectivity index (χ0v) is 18.6. The minimum absolute atomic E-state index is 0.0609. The molecule has 0 aliphatic heterocycles. The lowest BCUT2D eigenvalue weighted by Gasteiger charge is -2.17. The van der Waals surface area contributed by atoms with Crippen LogP contribution in [-0.4, -0.2) is 32.6 Å². The molecule has 0 amide bonds. The van der Waals surface area contributed by atoms with Crippen molar-refractivity contribution in [2.24, 2.45) is 7.05 Å². The van der Waals surface area contributed by atoms with E-state index < -0.39 is 5.97 Å². The average Bonchev–Trinajstić information content (AvgIpc) is 3.18. The molecule has 0 saturated heterocycles. The van der Waals surface area contributed by atoms with Gasteiger partial charge < -0.3 is 9.67 Å². The number of para-hydroxylation sites is 1. The fourth-order valence-electron chi connectivity index (χ4n) is 4.87. The van der Waals surface area contributed by atoms with Crippen molar-refractivity contribution < 1.29 is 9.90 Å². The average molecular weight is 417 g/mol. The van der Waals surface area contributed by atoms with Crippen LogP contribution < -0.4 is 11.2 Å². The smallest absolute Gasteiger partial charge is 0.329 e. The van der Waals surface area contributed by atoms with Crippen molar-refractivity contribution in [2.75, 3.05) is 0 Å². The van der Waals surface area contributed by atoms with E-state index >= 15 is 0 Å². The number of rotatable bonds is 7. The van der Waals surface area contributed by atoms with Crippen LogP contribution in [0.4, 0.5) is 0 Å². The van der Waals surface area contributed by atoms with E-state index in [9.17, 15) is 14.7 Å². The standard InChI is InChI=1S/C24H28BN3O3/c1-4-7-17(12-21(29)30)28-23-18(25)9-6-11-20(23)27(24(28)31)14-16-13-26(3)19-10-5-8-15(2)22(16)19/h5-6,8-11,13,17H,4,7,12,14,25H2,1-3H3,(H,29,30). The molecule has 0 aliphatic carbocycles. The van der Waals surface area contributed by atoms with E-state index in [2.05, 4.69) is 29.8 Å². The number of carboxylic acid groups (broad SMARTS) is 1. The number of nitrogens with zero attached hydrogens (tertiary/aromatic N) is 3. The molecular weight excluding hydrogens is 389 g/mol. The summed E-state index contributed by atoms with van der Waals surface area (Å²) in [5.41, 5.74) is 5.92. The third-order valence-electron chi connectivity index (χ3n) is 6.21. The first kappa shape index (κ1) is 21.0. The zero-order chi connectivity index (χ0) is 22.3. The molecule has 2 heterocycles. The van der Waals surface area contributed by atoms with Crippen LogP contribution in [0.15, 0.2) is 47.4 Å². The number of benzene rings is 2. The topological polar surface area (TPSA) is 69.2 Å². The summed E-state index contributed by atoms with van der Waals surface area (Å²) in [5, 5.41) is 10.6. The summed E-state index contributed by atoms with van der Waals surface area (Å²) in [6.45, 7) is 4.55. The highest BCUT2D eigenvalue weighted by Crippen LogP contribution is 2.27. The van der Waals surface area contributed by atoms with Gasteiger partial charge in [0.05, 0.1) is 24.0 Å². The van der Waals surface area contributed by atoms with Gasteiger partial charge in [-0.2, -0.15) is 0 Å². The maximum absolute atomic E-state index is 13.7. The third kappa shape index (κ3) is 3.58. The summed E-state index contributed by atoms with van der Waals surface area (Å²) in [4.78, 5) is 25.2. The van der Waals surface area contributed by atoms with Gasteiger partial charge in [-0.05, 0) is 36.6 Å². The number of aliphatic carboxylic acids is 1. The number of aromatic nitrogens is 3. The van der Waals surface area contributed by atoms with Crippen LogP contribution in [0.2, 0.25) is 0 Å². The maximum atomic E-state index is 13.7. The largest absolute Gasteiger partial charge is 0.481 e. The summed E-state index contributed by atoms with van der Waals surface area (Å²) in [5.74, 6) is -0.885. The zero-order valence-electron chi connectivity index (χ0n) is 18.6. The Morgan fingerprint density at radius 2 is 1.87 bits per heavy atom. The molecule has 1 atom stereocenters. The second kappa shape index (κ2) is 8.14. The van der Waals surface area contributed by atoms with Crippen LogP contribution >= 0.6 is 0 Å². The molecule has 0 spiro atoms. The minimum Gasteiger partial charge on any atom is -0.481 e. The number of imidazole rings is 1. The lowest BCUT2D eigenvalue weighted by molar-refractivity contribution is -0.137. The predicted octanol–water partition coefficient (Wildman–Crippen LogP) is 2.73. The molecule has 0 radical (unpaired) electrons. The van der Waals surface area contributed by atoms with Crippen molar-refractivity contribution in [3.05, 3.63) is 64.2 Å². The molecule has 1 N–H and O–H groups in total. The predicted molar refractivity (Wildman–Crippen MR) is 127 cm³/mol. The first-order valence-corrected chi connectivity index (χ1v) is 10.8. The van der Waals surface area contributed by atoms with Gasteiger partial charge in [-0.15, -0.1) is 0 Å². The van der Waals surface area contributed by atoms with Crippen LogP contribution in [0.5, 0.6) is 0 Å². The molecule has 31 heavy (non-hydrogen) atoms. The Morgan fingerprint density at radius 1 is 1.16 bits per heavy atom. The van der Waals surface area contributed by atoms with Crippen molar-refractivity contribution in [1.29, 1.82) is 0 Å². The van der Waals surface area contributed by atoms with Crippen LogP contribution in [0, 0.1) is 6.92 Å². The van der Waals surface area contributed by atoms with Gasteiger partial charge in [-0.25, -0.2) is 4.79 Å². The highest BCUT2D eigenvalue weighted by molar-refractivity contribution is 6.38. The fourth-order valence-corrected chi connectivity index (χ4v) is 4.87. The summed E-state index contributed by atoms with van der Waals surface area (Å²) >= 11 is 0. The molecule has 4 rings (SSSR count). The molecule has 4 aromatic rings. The molecule has 2 aromatic heterocycles. The Hall–Kier alpha value is -3.22. The number of aryl methyl sites for hydroxylation is 2. The molecule has 2 aromatic carbocycles. The monoisotopic (exact) mass is 417 g/mol. The lowest BCUT2D eigenvalue weighted by Crippen LogP contribution is -2.30. The van der Waals surface area contributed by atoms with Gasteiger partial charge in [0, 0.05) is 30.2 Å². The normalized spacial score (nSPS) is 12.6. The van der Waals surface area contributed by atoms with E-state index in [0.29, 0.717) is 13.0 Å². The van der Waals surface area contributed by atoms with Crippen LogP contribution in [-0.2, 0) is 18.4 Å². The van der Waals surface area contributed by atoms with Gasteiger partial charge in [0.15, 0.2) is 0 Å². The third-order valence-corrected chi connectivity index (χ3v) is 6.21. The van der Waals surface area contributed by atoms with E-state index in [-0.39, 0.29) is 18.2 Å². The molecule has 0 aliphatic rings. The number of hydrogen-bond acceptors (Lipinski definition) is 2. The van der Waals surface area contributed by atoms with Gasteiger partial charge in [-0.1, -0.05) is 43.1 Å². The summed E-state index contributed by atoms with van der Waals surface area (Å²) in [7, 11) is 4.00. The molecular formula is C24H28BN3O3. The number of carboxylic acids is 1. The van der Waals surface area contributed by atoms with E-state index in [1.165, 1.54) is 10.9 Å². The SMILES string of the molecule is Bc1cccc2c1n(C(CCC)CC(=O)O)c(=O)n2Cc1cn(C)c2cccc(C)c12. The van der Waals surface area contributed by atoms with Gasteiger partial charge in [0.2, 0.25) is 0 Å². The van der Waals surface area contributed by atoms with Crippen LogP contribution in [0.25, 0.3) is 21.9 Å². The second-order valence-electron chi connectivity index (χ2n) is 8.46. The fraction of sp³-hybridized carbons (Fsp3) is 0.333. The van der Waals surface area contributed by atoms with Crippen LogP contribution in [0.3, 0.4) is 0 Å². The van der Waals surface area contributed by atoms with Crippen molar-refractivity contribution in [3.63, 3.8) is 0 Å². The Labute approximate surface area is 182 Å². The van der Waals surface area contributed by atoms with E-state index in [1.54, 1.807) is 9.13 Å². The van der Waals surface area contributed by atoms with E-state index in [4.69, 9.17) is 0 Å². The van der Waals surface area contributed by atoms with Crippen molar-refractivity contribution in [1.82, 2.24) is 13.7 Å². The number of hydrogen-bond donors (Lipinski definition) is 1. The Bertz CT molecular complexity index is 1350. The molecule has 160 valence electrons. The second-order valence-corrected chi connectivity index (χ2v) is 8.46. The van der Waals surface area contributed by atoms with Crippen molar-refractivity contribution in [2.45, 2.75) is 45.7 Å². The highest BCUT2D eigenvalue weighted by Gasteiger charge is 2.24. The first-order chi connectivity index (χ1) is 14.8. The molecule has 1 unspecified atom stereocenters. The maximum Gasteiger partial charge on any atom is 0.329 e. The van der Waals surface area contributed by atoms with Crippen molar-refractivity contribution in [3.8, 4) is 0 Å². The van der Waals surface area contributed by atoms with Gasteiger partial charge >= 0.3 is 11.7 Å². The van der Waals surface area contributed by atoms with Gasteiger partial charge in [0.1, 0.15) is 7.85 Å². The highest BCUT2D eigenvalue weighted by atomic mass is 16.4. The van der Waals surface area contributed by atoms with Crippen molar-refractivity contribution >= 4 is 41.2 Å². The summed E-state index contributed by atoms with van der Waals surface area (Å²) < 4.78 is 5.62. The molecule has 7 heteroatoms. The Kier molecular flexibility index (Phi) is 5.52. The first-order valence-electron chi connectivity index (χ1n) is 10.8. The summed E-state index contributed by atoms with van der Waals surface area (Å²) in [6, 6.07) is 11.8. The minimum atomic E-state index is -0.885. The lowest BCUT2D eigenvalue weighted by atomic mass is 9.94. The van der Waals surface area contributed by atoms with Gasteiger partial charge in [-0.3, -0.25) is 13.9 Å². The molecule has 0 bridgehead atoms. The summed E-state index contributed by atoms with van der Waals surface area (Å²) in [6.07, 6.45) is 3.48. The van der Waals surface area contributed by atoms with E-state index in [1.807, 2.05) is 46.1 Å². The molecule has 0 saturated carbocycles. The Morgan fingerprint density at radius 3 is 2.58 bits per heavy atom. The molecule has 6 nitrogen and oxygen atoms in total. The molecule has 0 fully saturated rings. The number of carbonyl (C=O) groups is 1. The Balaban J connectivity index is 1.95. The van der Waals surface area contributed by atoms with Gasteiger partial charge in [0.25, 0.3) is 0 Å². The van der Waals surface area contributed by atoms with E-state index in [0.717, 1.165) is 34.0 Å².